The lowest BCUT2D eigenvalue weighted by atomic mass is 10.0. The van der Waals surface area contributed by atoms with Gasteiger partial charge in [0.15, 0.2) is 22.8 Å². The molecule has 3 heterocycles. The minimum Gasteiger partial charge on any atom is -0.260 e. The van der Waals surface area contributed by atoms with Crippen molar-refractivity contribution in [1.29, 1.82) is 21.0 Å². The smallest absolute Gasteiger partial charge is 0.177 e. The maximum atomic E-state index is 9.19. The maximum Gasteiger partial charge on any atom is 0.177 e. The van der Waals surface area contributed by atoms with Crippen LogP contribution in [0.25, 0.3) is 0 Å². The molecule has 0 radical (unpaired) electrons. The van der Waals surface area contributed by atoms with E-state index in [-0.39, 0.29) is 22.8 Å². The van der Waals surface area contributed by atoms with E-state index in [1.165, 1.54) is 24.8 Å². The average Bonchev–Trinajstić information content (AvgIpc) is 2.70. The zero-order valence-corrected chi connectivity index (χ0v) is 12.9. The number of rotatable bonds is 0. The fraction of sp³-hybridized carbons (Fsp3) is 0.125. The maximum absolute atomic E-state index is 9.19. The summed E-state index contributed by atoms with van der Waals surface area (Å²) < 4.78 is 0. The molecule has 0 aliphatic carbocycles. The summed E-state index contributed by atoms with van der Waals surface area (Å²) in [5, 5.41) is 36.6. The first-order valence-corrected chi connectivity index (χ1v) is 7.10. The third kappa shape index (κ3) is 2.94. The van der Waals surface area contributed by atoms with Gasteiger partial charge >= 0.3 is 0 Å². The molecule has 3 aliphatic rings. The summed E-state index contributed by atoms with van der Waals surface area (Å²) in [6, 6.07) is 5.85. The van der Waals surface area contributed by atoms with Crippen LogP contribution in [0.2, 0.25) is 0 Å². The summed E-state index contributed by atoms with van der Waals surface area (Å²) in [5.74, 6) is 0. The molecule has 0 amide bonds. The molecule has 0 aromatic rings. The Kier molecular flexibility index (Phi) is 4.34. The zero-order chi connectivity index (χ0) is 18.5. The van der Waals surface area contributed by atoms with Crippen LogP contribution in [0.5, 0.6) is 0 Å². The topological polar surface area (TPSA) is 169 Å². The standard InChI is InChI=1S/C16H6N10/c17-1-9-5-21-13-7-23-11(3-19)12(4-20)24-8-14-16(15(13)25-9)26-10(2-18)6-22-14/h5-8,15-16H/b13-7-,14-8-,23-11-,24-12-. The third-order valence-corrected chi connectivity index (χ3v) is 3.45. The lowest BCUT2D eigenvalue weighted by molar-refractivity contribution is 0.635. The molecule has 0 saturated carbocycles. The number of hydrogen-bond acceptors (Lipinski definition) is 10. The van der Waals surface area contributed by atoms with E-state index in [9.17, 15) is 10.5 Å². The summed E-state index contributed by atoms with van der Waals surface area (Å²) in [7, 11) is 0. The zero-order valence-electron chi connectivity index (χ0n) is 12.9. The number of nitriles is 4. The van der Waals surface area contributed by atoms with Gasteiger partial charge in [-0.2, -0.15) is 21.0 Å². The minimum atomic E-state index is -0.774. The molecule has 0 aromatic heterocycles. The van der Waals surface area contributed by atoms with Crippen molar-refractivity contribution in [1.82, 2.24) is 0 Å². The highest BCUT2D eigenvalue weighted by molar-refractivity contribution is 6.53. The average molecular weight is 338 g/mol. The van der Waals surface area contributed by atoms with Crippen molar-refractivity contribution < 1.29 is 0 Å². The first-order chi connectivity index (χ1) is 12.7. The van der Waals surface area contributed by atoms with Gasteiger partial charge in [0.25, 0.3) is 0 Å². The molecule has 0 saturated heterocycles. The van der Waals surface area contributed by atoms with Gasteiger partial charge in [-0.3, -0.25) is 20.0 Å². The second-order valence-corrected chi connectivity index (χ2v) is 4.95. The second kappa shape index (κ2) is 6.92. The highest BCUT2D eigenvalue weighted by Gasteiger charge is 2.32. The van der Waals surface area contributed by atoms with Crippen molar-refractivity contribution in [3.63, 3.8) is 0 Å². The van der Waals surface area contributed by atoms with Gasteiger partial charge in [-0.1, -0.05) is 0 Å². The Labute approximate surface area is 147 Å². The summed E-state index contributed by atoms with van der Waals surface area (Å²) in [6.45, 7) is 0. The molecule has 3 aliphatic heterocycles. The van der Waals surface area contributed by atoms with Crippen LogP contribution in [0.15, 0.2) is 53.7 Å². The molecule has 120 valence electrons. The number of fused-ring (bicyclic) bond motifs is 3. The highest BCUT2D eigenvalue weighted by Crippen LogP contribution is 2.27. The summed E-state index contributed by atoms with van der Waals surface area (Å²) in [4.78, 5) is 24.8. The number of nitrogens with zero attached hydrogens (tertiary/aromatic N) is 10. The first-order valence-electron chi connectivity index (χ1n) is 7.10. The quantitative estimate of drug-likeness (QED) is 0.624. The fourth-order valence-corrected chi connectivity index (χ4v) is 2.27. The first kappa shape index (κ1) is 16.3. The van der Waals surface area contributed by atoms with Crippen LogP contribution in [-0.2, 0) is 0 Å². The van der Waals surface area contributed by atoms with E-state index in [4.69, 9.17) is 10.5 Å². The van der Waals surface area contributed by atoms with E-state index in [2.05, 4.69) is 30.0 Å². The predicted molar refractivity (Wildman–Crippen MR) is 92.9 cm³/mol. The van der Waals surface area contributed by atoms with E-state index >= 15 is 0 Å². The number of aliphatic imine (C=N–C) groups is 6. The van der Waals surface area contributed by atoms with Gasteiger partial charge in [-0.15, -0.1) is 0 Å². The Morgan fingerprint density at radius 3 is 1.42 bits per heavy atom. The van der Waals surface area contributed by atoms with Crippen molar-refractivity contribution in [3.05, 3.63) is 23.8 Å². The lowest BCUT2D eigenvalue weighted by Gasteiger charge is -2.25. The minimum absolute atomic E-state index is 0.0810. The van der Waals surface area contributed by atoms with Gasteiger partial charge in [-0.05, 0) is 0 Å². The van der Waals surface area contributed by atoms with Gasteiger partial charge in [-0.25, -0.2) is 9.98 Å². The van der Waals surface area contributed by atoms with Crippen molar-refractivity contribution >= 4 is 35.3 Å². The van der Waals surface area contributed by atoms with Gasteiger partial charge in [0.1, 0.15) is 36.4 Å². The molecule has 0 aromatic carbocycles. The molecule has 26 heavy (non-hydrogen) atoms. The largest absolute Gasteiger partial charge is 0.260 e. The van der Waals surface area contributed by atoms with Gasteiger partial charge in [0, 0.05) is 0 Å². The molecule has 10 heteroatoms. The van der Waals surface area contributed by atoms with Crippen LogP contribution in [-0.4, -0.2) is 47.4 Å². The molecule has 2 unspecified atom stereocenters. The van der Waals surface area contributed by atoms with Crippen LogP contribution < -0.4 is 0 Å². The molecule has 2 atom stereocenters. The Morgan fingerprint density at radius 1 is 0.654 bits per heavy atom. The van der Waals surface area contributed by atoms with Gasteiger partial charge in [0.2, 0.25) is 0 Å². The molecular weight excluding hydrogens is 332 g/mol. The summed E-state index contributed by atoms with van der Waals surface area (Å²) in [6.07, 6.45) is 5.07. The fourth-order valence-electron chi connectivity index (χ4n) is 2.27. The Balaban J connectivity index is 2.24. The van der Waals surface area contributed by atoms with Crippen molar-refractivity contribution in [3.8, 4) is 24.3 Å². The van der Waals surface area contributed by atoms with Crippen LogP contribution in [0.4, 0.5) is 0 Å². The Bertz CT molecular complexity index is 992. The normalized spacial score (nSPS) is 31.5. The van der Waals surface area contributed by atoms with Crippen LogP contribution in [0, 0.1) is 45.3 Å². The van der Waals surface area contributed by atoms with Crippen molar-refractivity contribution in [2.24, 2.45) is 30.0 Å². The Hall–Kier alpha value is -4.54. The molecular formula is C16H6N10. The summed E-state index contributed by atoms with van der Waals surface area (Å²) in [5.41, 5.74) is 0.394. The molecule has 0 spiro atoms. The Morgan fingerprint density at radius 2 is 1.08 bits per heavy atom. The second-order valence-electron chi connectivity index (χ2n) is 4.95. The van der Waals surface area contributed by atoms with E-state index in [0.29, 0.717) is 11.4 Å². The highest BCUT2D eigenvalue weighted by atomic mass is 15.1. The third-order valence-electron chi connectivity index (χ3n) is 3.45. The molecule has 3 rings (SSSR count). The van der Waals surface area contributed by atoms with Gasteiger partial charge in [0.05, 0.1) is 36.2 Å². The lowest BCUT2D eigenvalue weighted by Crippen LogP contribution is -2.33. The molecule has 0 N–H and O–H groups in total. The van der Waals surface area contributed by atoms with Crippen molar-refractivity contribution in [2.45, 2.75) is 12.1 Å². The predicted octanol–water partition coefficient (Wildman–Crippen LogP) is 0.447. The molecule has 10 nitrogen and oxygen atoms in total. The molecule has 0 fully saturated rings. The van der Waals surface area contributed by atoms with Crippen LogP contribution in [0.1, 0.15) is 0 Å². The van der Waals surface area contributed by atoms with Crippen LogP contribution >= 0.6 is 0 Å². The molecule has 0 bridgehead atoms. The summed E-state index contributed by atoms with van der Waals surface area (Å²) >= 11 is 0. The van der Waals surface area contributed by atoms with E-state index in [1.807, 2.05) is 12.1 Å². The van der Waals surface area contributed by atoms with E-state index in [0.717, 1.165) is 0 Å². The van der Waals surface area contributed by atoms with E-state index < -0.39 is 12.1 Å². The SMILES string of the molecule is N#CC1=NC2/C(=C/N=C(C#N)\C(C#N)=N/C=C3\N=CC(C#N)=NC32)N=C1. The number of hydrogen-bond donors (Lipinski definition) is 0. The monoisotopic (exact) mass is 338 g/mol. The van der Waals surface area contributed by atoms with Gasteiger partial charge < -0.3 is 0 Å². The van der Waals surface area contributed by atoms with Crippen LogP contribution in [0.3, 0.4) is 0 Å². The van der Waals surface area contributed by atoms with Crippen molar-refractivity contribution in [2.75, 3.05) is 0 Å². The van der Waals surface area contributed by atoms with E-state index in [1.54, 1.807) is 12.1 Å².